The van der Waals surface area contributed by atoms with Gasteiger partial charge in [0.15, 0.2) is 0 Å². The number of nitro benzene ring substituents is 1. The molecule has 0 saturated carbocycles. The first-order valence-electron chi connectivity index (χ1n) is 8.86. The molecule has 8 nitrogen and oxygen atoms in total. The minimum Gasteiger partial charge on any atom is -0.354 e. The Hall–Kier alpha value is -2.65. The molecule has 0 heterocycles. The molecule has 1 atom stereocenters. The van der Waals surface area contributed by atoms with Crippen molar-refractivity contribution in [1.29, 1.82) is 0 Å². The van der Waals surface area contributed by atoms with Gasteiger partial charge in [-0.1, -0.05) is 35.9 Å². The zero-order chi connectivity index (χ0) is 21.6. The summed E-state index contributed by atoms with van der Waals surface area (Å²) in [6.07, 6.45) is 2.24. The Morgan fingerprint density at radius 1 is 1.24 bits per heavy atom. The zero-order valence-corrected chi connectivity index (χ0v) is 17.6. The summed E-state index contributed by atoms with van der Waals surface area (Å²) < 4.78 is 25.4. The van der Waals surface area contributed by atoms with E-state index in [2.05, 4.69) is 5.32 Å². The summed E-state index contributed by atoms with van der Waals surface area (Å²) in [4.78, 5) is 22.9. The average Bonchev–Trinajstić information content (AvgIpc) is 2.65. The minimum atomic E-state index is -3.85. The third-order valence-electron chi connectivity index (χ3n) is 4.26. The average molecular weight is 440 g/mol. The van der Waals surface area contributed by atoms with E-state index in [1.54, 1.807) is 6.07 Å². The normalized spacial score (nSPS) is 12.2. The second kappa shape index (κ2) is 9.71. The van der Waals surface area contributed by atoms with Gasteiger partial charge >= 0.3 is 0 Å². The lowest BCUT2D eigenvalue weighted by molar-refractivity contribution is -0.384. The Morgan fingerprint density at radius 3 is 2.55 bits per heavy atom. The maximum atomic E-state index is 12.5. The minimum absolute atomic E-state index is 0.0559. The van der Waals surface area contributed by atoms with Crippen molar-refractivity contribution in [2.24, 2.45) is 0 Å². The van der Waals surface area contributed by atoms with Crippen LogP contribution in [0.3, 0.4) is 0 Å². The molecule has 1 amide bonds. The number of benzene rings is 2. The molecule has 2 aromatic carbocycles. The first kappa shape index (κ1) is 22.6. The number of nitrogens with one attached hydrogen (secondary N) is 1. The van der Waals surface area contributed by atoms with Crippen LogP contribution in [0.2, 0.25) is 5.02 Å². The van der Waals surface area contributed by atoms with Crippen LogP contribution in [0.4, 0.5) is 11.4 Å². The number of rotatable bonds is 9. The van der Waals surface area contributed by atoms with Crippen molar-refractivity contribution < 1.29 is 18.1 Å². The molecule has 1 N–H and O–H groups in total. The van der Waals surface area contributed by atoms with Crippen molar-refractivity contribution in [2.75, 3.05) is 17.1 Å². The maximum Gasteiger partial charge on any atom is 0.271 e. The van der Waals surface area contributed by atoms with Crippen LogP contribution in [0.15, 0.2) is 48.5 Å². The Kier molecular flexibility index (Phi) is 7.58. The van der Waals surface area contributed by atoms with E-state index in [0.717, 1.165) is 22.2 Å². The van der Waals surface area contributed by atoms with E-state index in [4.69, 9.17) is 11.6 Å². The van der Waals surface area contributed by atoms with Crippen LogP contribution in [-0.2, 0) is 21.2 Å². The number of nitrogens with zero attached hydrogens (tertiary/aromatic N) is 2. The van der Waals surface area contributed by atoms with Crippen molar-refractivity contribution in [3.05, 3.63) is 69.2 Å². The van der Waals surface area contributed by atoms with Crippen molar-refractivity contribution in [3.8, 4) is 0 Å². The fourth-order valence-electron chi connectivity index (χ4n) is 2.89. The SMILES string of the molecule is C[C@@H](C(=O)NCCCc1ccccc1Cl)N(c1cccc([N+](=O)[O-])c1)S(C)(=O)=O. The van der Waals surface area contributed by atoms with E-state index in [0.29, 0.717) is 24.4 Å². The number of aryl methyl sites for hydroxylation is 1. The predicted molar refractivity (Wildman–Crippen MR) is 113 cm³/mol. The van der Waals surface area contributed by atoms with Crippen LogP contribution in [0, 0.1) is 10.1 Å². The summed E-state index contributed by atoms with van der Waals surface area (Å²) in [5.74, 6) is -0.499. The molecule has 0 spiro atoms. The summed E-state index contributed by atoms with van der Waals surface area (Å²) >= 11 is 6.10. The van der Waals surface area contributed by atoms with Gasteiger partial charge in [-0.3, -0.25) is 19.2 Å². The van der Waals surface area contributed by atoms with Gasteiger partial charge in [0.2, 0.25) is 15.9 Å². The number of hydrogen-bond acceptors (Lipinski definition) is 5. The van der Waals surface area contributed by atoms with Crippen molar-refractivity contribution in [1.82, 2.24) is 5.32 Å². The standard InChI is InChI=1S/C19H22ClN3O5S/c1-14(19(24)21-12-6-8-15-7-3-4-11-18(15)20)22(29(2,27)28)16-9-5-10-17(13-16)23(25)26/h3-5,7,9-11,13-14H,6,8,12H2,1-2H3,(H,21,24)/t14-/m0/s1. The molecule has 2 rings (SSSR count). The third-order valence-corrected chi connectivity index (χ3v) is 5.87. The topological polar surface area (TPSA) is 110 Å². The van der Waals surface area contributed by atoms with Crippen LogP contribution < -0.4 is 9.62 Å². The van der Waals surface area contributed by atoms with E-state index in [1.165, 1.54) is 25.1 Å². The number of nitro groups is 1. The van der Waals surface area contributed by atoms with Crippen molar-refractivity contribution >= 4 is 38.9 Å². The predicted octanol–water partition coefficient (Wildman–Crippen LogP) is 3.15. The van der Waals surface area contributed by atoms with Gasteiger partial charge < -0.3 is 5.32 Å². The molecule has 156 valence electrons. The van der Waals surface area contributed by atoms with Gasteiger partial charge in [0.1, 0.15) is 6.04 Å². The fourth-order valence-corrected chi connectivity index (χ4v) is 4.29. The van der Waals surface area contributed by atoms with E-state index in [9.17, 15) is 23.3 Å². The lowest BCUT2D eigenvalue weighted by Gasteiger charge is -2.28. The van der Waals surface area contributed by atoms with Crippen LogP contribution in [0.1, 0.15) is 18.9 Å². The monoisotopic (exact) mass is 439 g/mol. The number of anilines is 1. The van der Waals surface area contributed by atoms with E-state index in [-0.39, 0.29) is 11.4 Å². The van der Waals surface area contributed by atoms with Gasteiger partial charge in [-0.2, -0.15) is 0 Å². The molecular weight excluding hydrogens is 418 g/mol. The molecule has 0 aromatic heterocycles. The number of sulfonamides is 1. The Bertz CT molecular complexity index is 997. The van der Waals surface area contributed by atoms with Crippen molar-refractivity contribution in [2.45, 2.75) is 25.8 Å². The fraction of sp³-hybridized carbons (Fsp3) is 0.316. The lowest BCUT2D eigenvalue weighted by Crippen LogP contribution is -2.48. The first-order valence-corrected chi connectivity index (χ1v) is 11.1. The molecule has 0 unspecified atom stereocenters. The quantitative estimate of drug-likeness (QED) is 0.366. The van der Waals surface area contributed by atoms with Gasteiger partial charge in [0, 0.05) is 23.7 Å². The molecule has 0 aliphatic carbocycles. The summed E-state index contributed by atoms with van der Waals surface area (Å²) in [7, 11) is -3.85. The Morgan fingerprint density at radius 2 is 1.93 bits per heavy atom. The highest BCUT2D eigenvalue weighted by Gasteiger charge is 2.29. The largest absolute Gasteiger partial charge is 0.354 e. The molecule has 0 fully saturated rings. The molecular formula is C19H22ClN3O5S. The number of halogens is 1. The highest BCUT2D eigenvalue weighted by atomic mass is 35.5. The molecule has 29 heavy (non-hydrogen) atoms. The Balaban J connectivity index is 2.06. The lowest BCUT2D eigenvalue weighted by atomic mass is 10.1. The van der Waals surface area contributed by atoms with Crippen molar-refractivity contribution in [3.63, 3.8) is 0 Å². The number of hydrogen-bond donors (Lipinski definition) is 1. The molecule has 0 aliphatic heterocycles. The van der Waals surface area contributed by atoms with Gasteiger partial charge in [0.05, 0.1) is 16.9 Å². The summed E-state index contributed by atoms with van der Waals surface area (Å²) in [6, 6.07) is 11.5. The second-order valence-corrected chi connectivity index (χ2v) is 8.76. The highest BCUT2D eigenvalue weighted by molar-refractivity contribution is 7.92. The molecule has 0 radical (unpaired) electrons. The molecule has 0 saturated heterocycles. The van der Waals surface area contributed by atoms with Gasteiger partial charge in [-0.05, 0) is 37.5 Å². The number of amides is 1. The van der Waals surface area contributed by atoms with E-state index < -0.39 is 26.9 Å². The molecule has 2 aromatic rings. The molecule has 10 heteroatoms. The maximum absolute atomic E-state index is 12.5. The highest BCUT2D eigenvalue weighted by Crippen LogP contribution is 2.25. The second-order valence-electron chi connectivity index (χ2n) is 6.50. The van der Waals surface area contributed by atoms with E-state index >= 15 is 0 Å². The van der Waals surface area contributed by atoms with Gasteiger partial charge in [-0.25, -0.2) is 8.42 Å². The van der Waals surface area contributed by atoms with Gasteiger partial charge in [0.25, 0.3) is 5.69 Å². The zero-order valence-electron chi connectivity index (χ0n) is 16.0. The molecule has 0 bridgehead atoms. The third kappa shape index (κ3) is 6.16. The summed E-state index contributed by atoms with van der Waals surface area (Å²) in [5, 5.41) is 14.4. The molecule has 0 aliphatic rings. The first-order chi connectivity index (χ1) is 13.6. The van der Waals surface area contributed by atoms with Crippen LogP contribution in [-0.4, -0.2) is 38.1 Å². The number of carbonyl (C=O) groups excluding carboxylic acids is 1. The van der Waals surface area contributed by atoms with Gasteiger partial charge in [-0.15, -0.1) is 0 Å². The number of non-ortho nitro benzene ring substituents is 1. The number of carbonyl (C=O) groups is 1. The van der Waals surface area contributed by atoms with Crippen LogP contribution >= 0.6 is 11.6 Å². The van der Waals surface area contributed by atoms with Crippen LogP contribution in [0.25, 0.3) is 0 Å². The summed E-state index contributed by atoms with van der Waals surface area (Å²) in [5.41, 5.74) is 0.759. The Labute approximate surface area is 174 Å². The van der Waals surface area contributed by atoms with E-state index in [1.807, 2.05) is 18.2 Å². The summed E-state index contributed by atoms with van der Waals surface area (Å²) in [6.45, 7) is 1.77. The van der Waals surface area contributed by atoms with Crippen LogP contribution in [0.5, 0.6) is 0 Å². The smallest absolute Gasteiger partial charge is 0.271 e.